The number of nitrogens with one attached hydrogen (secondary N) is 1. The highest BCUT2D eigenvalue weighted by Gasteiger charge is 2.36. The third-order valence-corrected chi connectivity index (χ3v) is 8.69. The molecular weight excluding hydrogens is 448 g/mol. The number of sulfone groups is 1. The first-order valence-electron chi connectivity index (χ1n) is 11.0. The Kier molecular flexibility index (Phi) is 6.80. The van der Waals surface area contributed by atoms with E-state index >= 15 is 0 Å². The van der Waals surface area contributed by atoms with Crippen LogP contribution in [-0.2, 0) is 21.1 Å². The quantitative estimate of drug-likeness (QED) is 0.731. The van der Waals surface area contributed by atoms with Crippen molar-refractivity contribution >= 4 is 38.2 Å². The van der Waals surface area contributed by atoms with Crippen LogP contribution in [0.3, 0.4) is 0 Å². The Morgan fingerprint density at radius 3 is 2.53 bits per heavy atom. The van der Waals surface area contributed by atoms with Gasteiger partial charge in [0.2, 0.25) is 5.91 Å². The first kappa shape index (κ1) is 22.7. The van der Waals surface area contributed by atoms with E-state index in [0.717, 1.165) is 35.4 Å². The Bertz CT molecular complexity index is 1070. The van der Waals surface area contributed by atoms with E-state index < -0.39 is 15.9 Å². The minimum Gasteiger partial charge on any atom is -0.323 e. The average Bonchev–Trinajstić information content (AvgIpc) is 3.22. The minimum absolute atomic E-state index is 0.0232. The van der Waals surface area contributed by atoms with Gasteiger partial charge in [0, 0.05) is 30.1 Å². The van der Waals surface area contributed by atoms with Gasteiger partial charge in [0.1, 0.15) is 6.04 Å². The Balaban J connectivity index is 1.48. The summed E-state index contributed by atoms with van der Waals surface area (Å²) in [6, 6.07) is 9.05. The molecule has 2 aromatic rings. The van der Waals surface area contributed by atoms with E-state index in [-0.39, 0.29) is 36.5 Å². The molecule has 0 radical (unpaired) electrons. The zero-order valence-corrected chi connectivity index (χ0v) is 19.8. The number of hydrogen-bond acceptors (Lipinski definition) is 6. The van der Waals surface area contributed by atoms with Crippen LogP contribution in [-0.4, -0.2) is 72.3 Å². The van der Waals surface area contributed by atoms with Crippen LogP contribution in [0.2, 0.25) is 0 Å². The van der Waals surface area contributed by atoms with Crippen molar-refractivity contribution < 1.29 is 18.0 Å². The maximum atomic E-state index is 13.2. The zero-order chi connectivity index (χ0) is 22.7. The second kappa shape index (κ2) is 9.58. The van der Waals surface area contributed by atoms with Gasteiger partial charge in [-0.3, -0.25) is 4.79 Å². The van der Waals surface area contributed by atoms with Crippen LogP contribution in [0.25, 0.3) is 11.3 Å². The van der Waals surface area contributed by atoms with E-state index in [9.17, 15) is 18.0 Å². The van der Waals surface area contributed by atoms with Gasteiger partial charge in [-0.25, -0.2) is 18.2 Å². The molecule has 0 spiro atoms. The molecule has 3 heterocycles. The third-order valence-electron chi connectivity index (χ3n) is 5.96. The second-order valence-corrected chi connectivity index (χ2v) is 11.5. The van der Waals surface area contributed by atoms with E-state index in [1.54, 1.807) is 9.80 Å². The van der Waals surface area contributed by atoms with Crippen LogP contribution in [0.5, 0.6) is 0 Å². The second-order valence-electron chi connectivity index (χ2n) is 8.13. The molecule has 1 aromatic carbocycles. The van der Waals surface area contributed by atoms with E-state index in [1.165, 1.54) is 11.3 Å². The number of aromatic nitrogens is 1. The average molecular weight is 477 g/mol. The number of carbonyl (C=O) groups is 2. The lowest BCUT2D eigenvalue weighted by Gasteiger charge is -2.39. The molecule has 172 valence electrons. The molecule has 0 unspecified atom stereocenters. The minimum atomic E-state index is -3.08. The molecule has 10 heteroatoms. The van der Waals surface area contributed by atoms with Crippen molar-refractivity contribution in [3.63, 3.8) is 0 Å². The molecule has 0 saturated carbocycles. The van der Waals surface area contributed by atoms with Crippen molar-refractivity contribution in [3.8, 4) is 11.3 Å². The number of benzene rings is 1. The highest BCUT2D eigenvalue weighted by atomic mass is 32.2. The van der Waals surface area contributed by atoms with Gasteiger partial charge >= 0.3 is 6.03 Å². The van der Waals surface area contributed by atoms with E-state index in [1.807, 2.05) is 30.3 Å². The molecular formula is C22H28N4O4S2. The number of urea groups is 1. The number of piperidine rings is 1. The van der Waals surface area contributed by atoms with Crippen LogP contribution in [0.4, 0.5) is 9.93 Å². The number of carbonyl (C=O) groups excluding carboxylic acids is 2. The van der Waals surface area contributed by atoms with E-state index in [0.29, 0.717) is 18.1 Å². The summed E-state index contributed by atoms with van der Waals surface area (Å²) in [4.78, 5) is 35.2. The summed E-state index contributed by atoms with van der Waals surface area (Å²) in [6.07, 6.45) is 3.09. The number of likely N-dealkylation sites (tertiary alicyclic amines) is 1. The normalized spacial score (nSPS) is 20.7. The Morgan fingerprint density at radius 1 is 1.12 bits per heavy atom. The number of aryl methyl sites for hydroxylation is 1. The Hall–Kier alpha value is -2.46. The molecule has 1 atom stereocenters. The number of rotatable bonds is 4. The molecule has 32 heavy (non-hydrogen) atoms. The monoisotopic (exact) mass is 476 g/mol. The summed E-state index contributed by atoms with van der Waals surface area (Å²) < 4.78 is 23.4. The Labute approximate surface area is 192 Å². The predicted octanol–water partition coefficient (Wildman–Crippen LogP) is 3.02. The van der Waals surface area contributed by atoms with Crippen LogP contribution in [0.1, 0.15) is 31.1 Å². The van der Waals surface area contributed by atoms with Gasteiger partial charge in [0.05, 0.1) is 17.2 Å². The fraction of sp³-hybridized carbons (Fsp3) is 0.500. The summed E-state index contributed by atoms with van der Waals surface area (Å²) >= 11 is 1.46. The van der Waals surface area contributed by atoms with Crippen molar-refractivity contribution in [3.05, 3.63) is 35.2 Å². The summed E-state index contributed by atoms with van der Waals surface area (Å²) in [5.41, 5.74) is 1.88. The van der Waals surface area contributed by atoms with Crippen molar-refractivity contribution in [1.82, 2.24) is 14.8 Å². The maximum Gasteiger partial charge on any atom is 0.320 e. The summed E-state index contributed by atoms with van der Waals surface area (Å²) in [6.45, 7) is 2.91. The van der Waals surface area contributed by atoms with Crippen LogP contribution < -0.4 is 5.32 Å². The van der Waals surface area contributed by atoms with Crippen LogP contribution in [0.15, 0.2) is 30.3 Å². The molecule has 4 rings (SSSR count). The lowest BCUT2D eigenvalue weighted by atomic mass is 10.0. The van der Waals surface area contributed by atoms with E-state index in [4.69, 9.17) is 0 Å². The number of thiazole rings is 1. The van der Waals surface area contributed by atoms with Crippen molar-refractivity contribution in [2.45, 2.75) is 38.6 Å². The summed E-state index contributed by atoms with van der Waals surface area (Å²) in [5, 5.41) is 3.47. The topological polar surface area (TPSA) is 99.7 Å². The molecule has 1 aromatic heterocycles. The lowest BCUT2D eigenvalue weighted by molar-refractivity contribution is -0.121. The molecule has 2 fully saturated rings. The van der Waals surface area contributed by atoms with Crippen molar-refractivity contribution in [1.29, 1.82) is 0 Å². The SMILES string of the molecule is CCc1sc(NC(=O)[C@@H]2CCCCN2C(=O)N2CCS(=O)(=O)CC2)nc1-c1ccccc1. The lowest BCUT2D eigenvalue weighted by Crippen LogP contribution is -2.56. The summed E-state index contributed by atoms with van der Waals surface area (Å²) in [7, 11) is -3.08. The van der Waals surface area contributed by atoms with Crippen molar-refractivity contribution in [2.75, 3.05) is 36.5 Å². The smallest absolute Gasteiger partial charge is 0.320 e. The highest BCUT2D eigenvalue weighted by molar-refractivity contribution is 7.91. The van der Waals surface area contributed by atoms with Gasteiger partial charge < -0.3 is 15.1 Å². The molecule has 0 bridgehead atoms. The van der Waals surface area contributed by atoms with Gasteiger partial charge in [-0.1, -0.05) is 37.3 Å². The van der Waals surface area contributed by atoms with Gasteiger partial charge in [-0.15, -0.1) is 11.3 Å². The zero-order valence-electron chi connectivity index (χ0n) is 18.1. The van der Waals surface area contributed by atoms with Gasteiger partial charge in [0.15, 0.2) is 15.0 Å². The van der Waals surface area contributed by atoms with Gasteiger partial charge in [-0.05, 0) is 25.7 Å². The first-order valence-corrected chi connectivity index (χ1v) is 13.6. The predicted molar refractivity (Wildman–Crippen MR) is 126 cm³/mol. The fourth-order valence-corrected chi connectivity index (χ4v) is 6.30. The van der Waals surface area contributed by atoms with Crippen LogP contribution >= 0.6 is 11.3 Å². The largest absolute Gasteiger partial charge is 0.323 e. The highest BCUT2D eigenvalue weighted by Crippen LogP contribution is 2.32. The third kappa shape index (κ3) is 4.96. The van der Waals surface area contributed by atoms with Crippen molar-refractivity contribution in [2.24, 2.45) is 0 Å². The number of hydrogen-bond donors (Lipinski definition) is 1. The molecule has 2 saturated heterocycles. The van der Waals surface area contributed by atoms with Gasteiger partial charge in [0.25, 0.3) is 0 Å². The fourth-order valence-electron chi connectivity index (χ4n) is 4.17. The molecule has 3 amide bonds. The summed E-state index contributed by atoms with van der Waals surface area (Å²) in [5.74, 6) is -0.284. The number of amides is 3. The van der Waals surface area contributed by atoms with E-state index in [2.05, 4.69) is 17.2 Å². The molecule has 0 aliphatic carbocycles. The first-order chi connectivity index (χ1) is 15.4. The van der Waals surface area contributed by atoms with Gasteiger partial charge in [-0.2, -0.15) is 0 Å². The standard InChI is InChI=1S/C22H28N4O4S2/c1-2-18-19(16-8-4-3-5-9-16)23-21(31-18)24-20(27)17-10-6-7-11-26(17)22(28)25-12-14-32(29,30)15-13-25/h3-5,8-9,17H,2,6-7,10-15H2,1H3,(H,23,24,27)/t17-/m0/s1. The molecule has 1 N–H and O–H groups in total. The molecule has 2 aliphatic rings. The number of anilines is 1. The van der Waals surface area contributed by atoms with Crippen LogP contribution in [0, 0.1) is 0 Å². The maximum absolute atomic E-state index is 13.2. The number of nitrogens with zero attached hydrogens (tertiary/aromatic N) is 3. The molecule has 8 nitrogen and oxygen atoms in total. The Morgan fingerprint density at radius 2 is 1.84 bits per heavy atom. The molecule has 2 aliphatic heterocycles.